The molecule has 0 unspecified atom stereocenters. The summed E-state index contributed by atoms with van der Waals surface area (Å²) >= 11 is 6.44. The van der Waals surface area contributed by atoms with Crippen LogP contribution >= 0.6 is 11.6 Å². The van der Waals surface area contributed by atoms with E-state index in [1.165, 1.54) is 23.5 Å². The van der Waals surface area contributed by atoms with Gasteiger partial charge >= 0.3 is 0 Å². The van der Waals surface area contributed by atoms with E-state index in [0.717, 1.165) is 32.1 Å². The van der Waals surface area contributed by atoms with Crippen LogP contribution in [0.25, 0.3) is 11.5 Å². The summed E-state index contributed by atoms with van der Waals surface area (Å²) < 4.78 is 11.4. The van der Waals surface area contributed by atoms with E-state index in [1.54, 1.807) is 6.07 Å². The number of ketones is 1. The molecule has 0 bridgehead atoms. The summed E-state index contributed by atoms with van der Waals surface area (Å²) in [6.07, 6.45) is 8.79. The van der Waals surface area contributed by atoms with Crippen molar-refractivity contribution in [2.24, 2.45) is 11.7 Å². The van der Waals surface area contributed by atoms with Gasteiger partial charge in [-0.25, -0.2) is 4.98 Å². The Balaban J connectivity index is 1.57. The maximum Gasteiger partial charge on any atom is 0.284 e. The van der Waals surface area contributed by atoms with Crippen molar-refractivity contribution >= 4 is 29.2 Å². The van der Waals surface area contributed by atoms with Crippen LogP contribution in [0.5, 0.6) is 0 Å². The second-order valence-electron chi connectivity index (χ2n) is 8.92. The zero-order valence-electron chi connectivity index (χ0n) is 18.0. The molecule has 2 amide bonds. The van der Waals surface area contributed by atoms with Gasteiger partial charge < -0.3 is 19.8 Å². The molecule has 9 nitrogen and oxygen atoms in total. The first-order valence-corrected chi connectivity index (χ1v) is 11.7. The molecular formula is C23H25ClN4O5. The first-order chi connectivity index (χ1) is 16.0. The highest BCUT2D eigenvalue weighted by Crippen LogP contribution is 2.43. The average molecular weight is 473 g/mol. The second-order valence-corrected chi connectivity index (χ2v) is 9.48. The minimum absolute atomic E-state index is 0.0121. The first-order valence-electron chi connectivity index (χ1n) is 11.2. The minimum Gasteiger partial charge on any atom is -0.449 e. The molecule has 1 saturated carbocycles. The Morgan fingerprint density at radius 1 is 1.21 bits per heavy atom. The smallest absolute Gasteiger partial charge is 0.284 e. The number of rotatable bonds is 5. The third kappa shape index (κ3) is 3.93. The number of aromatic nitrogens is 2. The molecule has 0 aromatic carbocycles. The lowest BCUT2D eigenvalue weighted by Crippen LogP contribution is -2.46. The van der Waals surface area contributed by atoms with Gasteiger partial charge in [0.2, 0.25) is 5.91 Å². The highest BCUT2D eigenvalue weighted by atomic mass is 35.5. The molecule has 3 aliphatic rings. The lowest BCUT2D eigenvalue weighted by molar-refractivity contribution is -0.139. The van der Waals surface area contributed by atoms with E-state index in [2.05, 4.69) is 9.97 Å². The lowest BCUT2D eigenvalue weighted by Gasteiger charge is -2.33. The maximum atomic E-state index is 14.0. The number of halogens is 1. The summed E-state index contributed by atoms with van der Waals surface area (Å²) in [6.45, 7) is 0.164. The van der Waals surface area contributed by atoms with Crippen LogP contribution in [0, 0.1) is 5.92 Å². The van der Waals surface area contributed by atoms with Gasteiger partial charge in [0.1, 0.15) is 24.4 Å². The number of likely N-dealkylation sites (tertiary alicyclic amines) is 1. The predicted octanol–water partition coefficient (Wildman–Crippen LogP) is 2.29. The third-order valence-electron chi connectivity index (χ3n) is 6.93. The van der Waals surface area contributed by atoms with Crippen molar-refractivity contribution in [2.45, 2.75) is 55.5 Å². The van der Waals surface area contributed by atoms with Crippen LogP contribution in [0.2, 0.25) is 0 Å². The van der Waals surface area contributed by atoms with E-state index in [0.29, 0.717) is 17.0 Å². The van der Waals surface area contributed by atoms with E-state index in [4.69, 9.17) is 26.5 Å². The van der Waals surface area contributed by atoms with E-state index < -0.39 is 29.3 Å². The van der Waals surface area contributed by atoms with Gasteiger partial charge in [-0.3, -0.25) is 19.4 Å². The molecule has 0 spiro atoms. The Bertz CT molecular complexity index is 1070. The molecule has 4 atom stereocenters. The number of primary amides is 1. The average Bonchev–Trinajstić information content (AvgIpc) is 3.52. The Kier molecular flexibility index (Phi) is 5.92. The highest BCUT2D eigenvalue weighted by Gasteiger charge is 2.53. The zero-order chi connectivity index (χ0) is 23.1. The number of ether oxygens (including phenoxy) is 1. The van der Waals surface area contributed by atoms with Crippen molar-refractivity contribution in [2.75, 3.05) is 13.2 Å². The van der Waals surface area contributed by atoms with Gasteiger partial charge in [0.15, 0.2) is 17.3 Å². The molecule has 174 valence electrons. The Labute approximate surface area is 195 Å². The van der Waals surface area contributed by atoms with Crippen LogP contribution < -0.4 is 5.73 Å². The summed E-state index contributed by atoms with van der Waals surface area (Å²) in [4.78, 5) is 48.8. The molecule has 3 fully saturated rings. The van der Waals surface area contributed by atoms with E-state index >= 15 is 0 Å². The summed E-state index contributed by atoms with van der Waals surface area (Å²) in [5, 5.41) is -0.465. The topological polar surface area (TPSA) is 129 Å². The summed E-state index contributed by atoms with van der Waals surface area (Å²) in [7, 11) is 0. The number of fused-ring (bicyclic) bond motifs is 1. The molecule has 1 aliphatic carbocycles. The van der Waals surface area contributed by atoms with E-state index in [-0.39, 0.29) is 36.5 Å². The normalized spacial score (nSPS) is 26.4. The van der Waals surface area contributed by atoms with Crippen LogP contribution in [-0.2, 0) is 14.3 Å². The fourth-order valence-corrected chi connectivity index (χ4v) is 5.80. The van der Waals surface area contributed by atoms with Crippen molar-refractivity contribution in [3.05, 3.63) is 36.0 Å². The number of carbonyl (C=O) groups excluding carboxylic acids is 3. The summed E-state index contributed by atoms with van der Waals surface area (Å²) in [5.41, 5.74) is 6.53. The van der Waals surface area contributed by atoms with Crippen LogP contribution in [0.3, 0.4) is 0 Å². The summed E-state index contributed by atoms with van der Waals surface area (Å²) in [5.74, 6) is -1.60. The SMILES string of the molecule is NC(=O)c1oc(-c2cnccn2)cc1[C@@H](C(=O)N1C[C@H](Cl)[C@H]2OCC(=O)[C@H]21)C1CCCCC1. The molecule has 0 radical (unpaired) electrons. The number of furan rings is 1. The number of hydrogen-bond acceptors (Lipinski definition) is 7. The zero-order valence-corrected chi connectivity index (χ0v) is 18.7. The highest BCUT2D eigenvalue weighted by molar-refractivity contribution is 6.22. The number of alkyl halides is 1. The standard InChI is InChI=1S/C23H25ClN4O5/c24-14-10-28(19-16(29)11-32-21(14)19)23(31)18(12-4-2-1-3-5-12)13-8-17(33-20(13)22(25)30)15-9-26-6-7-27-15/h6-9,12,14,18-19,21H,1-5,10-11H2,(H2,25,30)/t14-,18-,19+,21+/m0/s1. The first kappa shape index (κ1) is 22.0. The van der Waals surface area contributed by atoms with Gasteiger partial charge in [-0.1, -0.05) is 19.3 Å². The largest absolute Gasteiger partial charge is 0.449 e. The number of nitrogens with zero attached hydrogens (tertiary/aromatic N) is 3. The maximum absolute atomic E-state index is 14.0. The molecular weight excluding hydrogens is 448 g/mol. The molecule has 2 saturated heterocycles. The van der Waals surface area contributed by atoms with Gasteiger partial charge in [-0.15, -0.1) is 11.6 Å². The number of amides is 2. The molecule has 33 heavy (non-hydrogen) atoms. The molecule has 2 aromatic heterocycles. The molecule has 10 heteroatoms. The number of nitrogens with two attached hydrogens (primary N) is 1. The van der Waals surface area contributed by atoms with Crippen LogP contribution in [-0.4, -0.2) is 63.1 Å². The fraction of sp³-hybridized carbons (Fsp3) is 0.522. The third-order valence-corrected chi connectivity index (χ3v) is 7.31. The predicted molar refractivity (Wildman–Crippen MR) is 117 cm³/mol. The second kappa shape index (κ2) is 8.87. The summed E-state index contributed by atoms with van der Waals surface area (Å²) in [6, 6.07) is 0.967. The minimum atomic E-state index is -0.761. The van der Waals surface area contributed by atoms with Crippen LogP contribution in [0.15, 0.2) is 29.1 Å². The number of carbonyl (C=O) groups is 3. The van der Waals surface area contributed by atoms with E-state index in [9.17, 15) is 14.4 Å². The van der Waals surface area contributed by atoms with Crippen LogP contribution in [0.1, 0.15) is 54.1 Å². The van der Waals surface area contributed by atoms with Gasteiger partial charge in [-0.05, 0) is 24.8 Å². The van der Waals surface area contributed by atoms with Gasteiger partial charge in [0.05, 0.1) is 17.5 Å². The lowest BCUT2D eigenvalue weighted by atomic mass is 9.75. The van der Waals surface area contributed by atoms with Crippen molar-refractivity contribution in [1.29, 1.82) is 0 Å². The van der Waals surface area contributed by atoms with Crippen molar-refractivity contribution in [1.82, 2.24) is 14.9 Å². The molecule has 2 aromatic rings. The van der Waals surface area contributed by atoms with Crippen molar-refractivity contribution in [3.63, 3.8) is 0 Å². The quantitative estimate of drug-likeness (QED) is 0.661. The van der Waals surface area contributed by atoms with Gasteiger partial charge in [0.25, 0.3) is 5.91 Å². The van der Waals surface area contributed by atoms with E-state index in [1.807, 2.05) is 0 Å². The van der Waals surface area contributed by atoms with Gasteiger partial charge in [-0.2, -0.15) is 0 Å². The van der Waals surface area contributed by atoms with Crippen molar-refractivity contribution < 1.29 is 23.5 Å². The Morgan fingerprint density at radius 2 is 2.00 bits per heavy atom. The number of Topliss-reactive ketones (excluding diaryl/α,β-unsaturated/α-hetero) is 1. The Morgan fingerprint density at radius 3 is 2.70 bits per heavy atom. The van der Waals surface area contributed by atoms with Crippen LogP contribution in [0.4, 0.5) is 0 Å². The molecule has 2 aliphatic heterocycles. The molecule has 2 N–H and O–H groups in total. The fourth-order valence-electron chi connectivity index (χ4n) is 5.44. The molecule has 4 heterocycles. The number of hydrogen-bond donors (Lipinski definition) is 1. The van der Waals surface area contributed by atoms with Crippen molar-refractivity contribution in [3.8, 4) is 11.5 Å². The van der Waals surface area contributed by atoms with Gasteiger partial charge in [0, 0.05) is 24.5 Å². The molecule has 5 rings (SSSR count). The Hall–Kier alpha value is -2.78. The monoisotopic (exact) mass is 472 g/mol.